The van der Waals surface area contributed by atoms with E-state index in [0.717, 1.165) is 0 Å². The molecule has 0 aliphatic carbocycles. The molecule has 18 heavy (non-hydrogen) atoms. The van der Waals surface area contributed by atoms with E-state index in [-0.39, 0.29) is 12.8 Å². The molecule has 0 aliphatic heterocycles. The maximum atomic E-state index is 11.5. The van der Waals surface area contributed by atoms with Crippen molar-refractivity contribution in [2.75, 3.05) is 0 Å². The highest BCUT2D eigenvalue weighted by Gasteiger charge is 2.23. The smallest absolute Gasteiger partial charge is 0.331 e. The molecule has 0 aromatic heterocycles. The molecule has 0 aromatic carbocycles. The SMILES string of the molecule is CC(C)(C)ON[C@@H](CCC(=O)O)C(=O)OC=C=O. The molecule has 2 N–H and O–H groups in total. The molecule has 0 saturated carbocycles. The molecule has 0 fully saturated rings. The maximum absolute atomic E-state index is 11.5. The summed E-state index contributed by atoms with van der Waals surface area (Å²) in [6, 6.07) is -0.968. The monoisotopic (exact) mass is 259 g/mol. The van der Waals surface area contributed by atoms with Crippen molar-refractivity contribution in [3.05, 3.63) is 6.26 Å². The molecule has 0 bridgehead atoms. The van der Waals surface area contributed by atoms with Crippen LogP contribution in [0.1, 0.15) is 33.6 Å². The van der Waals surface area contributed by atoms with Crippen LogP contribution < -0.4 is 5.48 Å². The Hall–Kier alpha value is -1.69. The molecular weight excluding hydrogens is 242 g/mol. The van der Waals surface area contributed by atoms with E-state index in [1.165, 1.54) is 5.94 Å². The summed E-state index contributed by atoms with van der Waals surface area (Å²) in [7, 11) is 0. The molecule has 0 amide bonds. The van der Waals surface area contributed by atoms with Crippen molar-refractivity contribution < 1.29 is 29.1 Å². The van der Waals surface area contributed by atoms with Crippen LogP contribution in [0.2, 0.25) is 0 Å². The fourth-order valence-electron chi connectivity index (χ4n) is 0.905. The minimum absolute atomic E-state index is 0.0169. The molecule has 0 heterocycles. The van der Waals surface area contributed by atoms with E-state index in [4.69, 9.17) is 9.94 Å². The number of aliphatic carboxylic acids is 1. The second-order valence-electron chi connectivity index (χ2n) is 4.49. The van der Waals surface area contributed by atoms with Gasteiger partial charge in [-0.2, -0.15) is 5.48 Å². The van der Waals surface area contributed by atoms with Crippen molar-refractivity contribution in [2.45, 2.75) is 45.3 Å². The van der Waals surface area contributed by atoms with Crippen molar-refractivity contribution in [1.82, 2.24) is 5.48 Å². The molecule has 0 radical (unpaired) electrons. The number of carbonyl (C=O) groups excluding carboxylic acids is 2. The van der Waals surface area contributed by atoms with Crippen LogP contribution in [-0.4, -0.2) is 34.6 Å². The van der Waals surface area contributed by atoms with Crippen LogP contribution in [0.3, 0.4) is 0 Å². The van der Waals surface area contributed by atoms with E-state index < -0.39 is 23.6 Å². The normalized spacial score (nSPS) is 12.4. The average Bonchev–Trinajstić information content (AvgIpc) is 2.24. The van der Waals surface area contributed by atoms with Gasteiger partial charge in [0.1, 0.15) is 6.04 Å². The van der Waals surface area contributed by atoms with Gasteiger partial charge < -0.3 is 9.84 Å². The number of esters is 1. The van der Waals surface area contributed by atoms with Gasteiger partial charge in [-0.1, -0.05) is 0 Å². The van der Waals surface area contributed by atoms with E-state index in [2.05, 4.69) is 10.2 Å². The van der Waals surface area contributed by atoms with Crippen molar-refractivity contribution >= 4 is 17.9 Å². The third-order valence-electron chi connectivity index (χ3n) is 1.66. The Kier molecular flexibility index (Phi) is 6.89. The van der Waals surface area contributed by atoms with E-state index in [1.54, 1.807) is 20.8 Å². The van der Waals surface area contributed by atoms with Gasteiger partial charge in [0.25, 0.3) is 0 Å². The number of carbonyl (C=O) groups is 2. The molecule has 102 valence electrons. The van der Waals surface area contributed by atoms with Crippen LogP contribution in [-0.2, 0) is 24.0 Å². The summed E-state index contributed by atoms with van der Waals surface area (Å²) in [4.78, 5) is 37.0. The van der Waals surface area contributed by atoms with Crippen LogP contribution >= 0.6 is 0 Å². The Morgan fingerprint density at radius 3 is 2.50 bits per heavy atom. The number of hydroxylamine groups is 1. The molecule has 1 atom stereocenters. The summed E-state index contributed by atoms with van der Waals surface area (Å²) in [6.45, 7) is 5.26. The van der Waals surface area contributed by atoms with Crippen LogP contribution in [0.25, 0.3) is 0 Å². The number of ether oxygens (including phenoxy) is 1. The van der Waals surface area contributed by atoms with E-state index in [0.29, 0.717) is 6.26 Å². The first-order valence-corrected chi connectivity index (χ1v) is 5.31. The van der Waals surface area contributed by atoms with Crippen molar-refractivity contribution in [3.63, 3.8) is 0 Å². The van der Waals surface area contributed by atoms with Gasteiger partial charge >= 0.3 is 11.9 Å². The number of hydrogen-bond acceptors (Lipinski definition) is 6. The third-order valence-corrected chi connectivity index (χ3v) is 1.66. The van der Waals surface area contributed by atoms with Gasteiger partial charge in [0.2, 0.25) is 0 Å². The molecule has 7 heteroatoms. The standard InChI is InChI=1S/C11H17NO6/c1-11(2,3)18-12-8(4-5-9(14)15)10(16)17-7-6-13/h7-8,12H,4-5H2,1-3H3,(H,14,15)/t8-/m0/s1. The van der Waals surface area contributed by atoms with E-state index in [1.807, 2.05) is 0 Å². The van der Waals surface area contributed by atoms with Gasteiger partial charge in [-0.3, -0.25) is 9.63 Å². The lowest BCUT2D eigenvalue weighted by Crippen LogP contribution is -2.42. The van der Waals surface area contributed by atoms with Crippen molar-refractivity contribution in [2.24, 2.45) is 0 Å². The summed E-state index contributed by atoms with van der Waals surface area (Å²) in [5.41, 5.74) is 1.88. The van der Waals surface area contributed by atoms with E-state index >= 15 is 0 Å². The Bertz CT molecular complexity index is 340. The first kappa shape index (κ1) is 16.3. The second kappa shape index (κ2) is 7.60. The second-order valence-corrected chi connectivity index (χ2v) is 4.49. The summed E-state index contributed by atoms with van der Waals surface area (Å²) in [5.74, 6) is -0.559. The lowest BCUT2D eigenvalue weighted by Gasteiger charge is -2.23. The number of nitrogens with one attached hydrogen (secondary N) is 1. The predicted molar refractivity (Wildman–Crippen MR) is 61.0 cm³/mol. The minimum atomic E-state index is -1.05. The molecular formula is C11H17NO6. The lowest BCUT2D eigenvalue weighted by molar-refractivity contribution is -0.152. The molecule has 0 rings (SSSR count). The largest absolute Gasteiger partial charge is 0.481 e. The molecule has 7 nitrogen and oxygen atoms in total. The number of carboxylic acids is 1. The van der Waals surface area contributed by atoms with Gasteiger partial charge in [0.05, 0.1) is 5.60 Å². The van der Waals surface area contributed by atoms with Crippen molar-refractivity contribution in [1.29, 1.82) is 0 Å². The first-order chi connectivity index (χ1) is 8.26. The zero-order valence-corrected chi connectivity index (χ0v) is 10.6. The zero-order chi connectivity index (χ0) is 14.2. The van der Waals surface area contributed by atoms with E-state index in [9.17, 15) is 14.4 Å². The quantitative estimate of drug-likeness (QED) is 0.296. The Labute approximate surface area is 105 Å². The third kappa shape index (κ3) is 8.46. The molecule has 0 saturated heterocycles. The van der Waals surface area contributed by atoms with Crippen LogP contribution in [0.4, 0.5) is 0 Å². The van der Waals surface area contributed by atoms with Crippen molar-refractivity contribution in [3.8, 4) is 0 Å². The minimum Gasteiger partial charge on any atom is -0.481 e. The van der Waals surface area contributed by atoms with Gasteiger partial charge in [-0.05, 0) is 27.2 Å². The maximum Gasteiger partial charge on any atom is 0.331 e. The summed E-state index contributed by atoms with van der Waals surface area (Å²) in [5, 5.41) is 8.56. The van der Waals surface area contributed by atoms with Gasteiger partial charge in [0.15, 0.2) is 12.2 Å². The summed E-state index contributed by atoms with van der Waals surface area (Å²) in [6.07, 6.45) is 0.316. The van der Waals surface area contributed by atoms with Gasteiger partial charge in [-0.15, -0.1) is 0 Å². The average molecular weight is 259 g/mol. The van der Waals surface area contributed by atoms with Crippen LogP contribution in [0.15, 0.2) is 6.26 Å². The number of rotatable bonds is 7. The topological polar surface area (TPSA) is 102 Å². The number of hydrogen-bond donors (Lipinski definition) is 2. The van der Waals surface area contributed by atoms with Gasteiger partial charge in [0, 0.05) is 6.42 Å². The zero-order valence-electron chi connectivity index (χ0n) is 10.6. The fraction of sp³-hybridized carbons (Fsp3) is 0.636. The molecule has 0 spiro atoms. The predicted octanol–water partition coefficient (Wildman–Crippen LogP) is 0.428. The highest BCUT2D eigenvalue weighted by molar-refractivity contribution is 5.78. The Morgan fingerprint density at radius 1 is 1.44 bits per heavy atom. The Morgan fingerprint density at radius 2 is 2.06 bits per heavy atom. The fourth-order valence-corrected chi connectivity index (χ4v) is 0.905. The van der Waals surface area contributed by atoms with Gasteiger partial charge in [-0.25, -0.2) is 9.59 Å². The number of carboxylic acid groups (broad SMARTS) is 1. The molecule has 0 aliphatic rings. The van der Waals surface area contributed by atoms with Crippen LogP contribution in [0, 0.1) is 0 Å². The lowest BCUT2D eigenvalue weighted by atomic mass is 10.1. The highest BCUT2D eigenvalue weighted by Crippen LogP contribution is 2.07. The highest BCUT2D eigenvalue weighted by atomic mass is 16.7. The Balaban J connectivity index is 4.45. The molecule has 0 unspecified atom stereocenters. The summed E-state index contributed by atoms with van der Waals surface area (Å²) >= 11 is 0. The molecule has 0 aromatic rings. The van der Waals surface area contributed by atoms with Crippen LogP contribution in [0.5, 0.6) is 0 Å². The first-order valence-electron chi connectivity index (χ1n) is 5.31. The summed E-state index contributed by atoms with van der Waals surface area (Å²) < 4.78 is 4.43.